The van der Waals surface area contributed by atoms with Crippen LogP contribution >= 0.6 is 0 Å². The average molecular weight is 244 g/mol. The quantitative estimate of drug-likeness (QED) is 0.728. The van der Waals surface area contributed by atoms with E-state index in [-0.39, 0.29) is 0 Å². The summed E-state index contributed by atoms with van der Waals surface area (Å²) in [5.74, 6) is 0. The molecule has 1 aromatic carbocycles. The Balaban J connectivity index is 1.81. The molecular weight excluding hydrogens is 224 g/mol. The van der Waals surface area contributed by atoms with Gasteiger partial charge in [-0.15, -0.1) is 0 Å². The van der Waals surface area contributed by atoms with Crippen molar-refractivity contribution in [2.24, 2.45) is 0 Å². The van der Waals surface area contributed by atoms with E-state index in [0.29, 0.717) is 0 Å². The lowest BCUT2D eigenvalue weighted by atomic mass is 10.2. The Bertz CT molecular complexity index is 484. The van der Waals surface area contributed by atoms with Gasteiger partial charge in [-0.2, -0.15) is 0 Å². The van der Waals surface area contributed by atoms with Crippen molar-refractivity contribution < 1.29 is 0 Å². The first-order valence-corrected chi connectivity index (χ1v) is 6.51. The number of hydrogen-bond acceptors (Lipinski definition) is 4. The molecule has 2 rings (SSSR count). The summed E-state index contributed by atoms with van der Waals surface area (Å²) < 4.78 is 0. The van der Waals surface area contributed by atoms with Crippen LogP contribution in [0, 0.1) is 0 Å². The molecule has 4 nitrogen and oxygen atoms in total. The van der Waals surface area contributed by atoms with Gasteiger partial charge < -0.3 is 10.6 Å². The minimum Gasteiger partial charge on any atom is -0.315 e. The maximum Gasteiger partial charge on any atom is 0.0890 e. The monoisotopic (exact) mass is 244 g/mol. The molecule has 4 heteroatoms. The van der Waals surface area contributed by atoms with Gasteiger partial charge in [0.05, 0.1) is 11.0 Å². The Labute approximate surface area is 108 Å². The second-order valence-corrected chi connectivity index (χ2v) is 4.31. The molecule has 0 aliphatic rings. The predicted octanol–water partition coefficient (Wildman–Crippen LogP) is 1.72. The zero-order chi connectivity index (χ0) is 12.6. The third-order valence-electron chi connectivity index (χ3n) is 2.77. The molecule has 0 spiro atoms. The first kappa shape index (κ1) is 12.9. The van der Waals surface area contributed by atoms with E-state index in [1.54, 1.807) is 12.4 Å². The summed E-state index contributed by atoms with van der Waals surface area (Å²) in [6, 6.07) is 6.22. The van der Waals surface area contributed by atoms with Crippen LogP contribution in [-0.4, -0.2) is 29.6 Å². The van der Waals surface area contributed by atoms with Crippen molar-refractivity contribution in [2.75, 3.05) is 19.6 Å². The average Bonchev–Trinajstić information content (AvgIpc) is 2.42. The van der Waals surface area contributed by atoms with Gasteiger partial charge in [0.2, 0.25) is 0 Å². The Hall–Kier alpha value is -1.52. The standard InChI is InChI=1S/C14H20N4/c1-2-5-15-6-7-16-11-12-3-4-13-14(10-12)18-9-8-17-13/h3-4,8-10,15-16H,2,5-7,11H2,1H3. The van der Waals surface area contributed by atoms with E-state index >= 15 is 0 Å². The number of fused-ring (bicyclic) bond motifs is 1. The molecule has 18 heavy (non-hydrogen) atoms. The van der Waals surface area contributed by atoms with Crippen molar-refractivity contribution in [1.29, 1.82) is 0 Å². The summed E-state index contributed by atoms with van der Waals surface area (Å²) in [6.45, 7) is 6.14. The van der Waals surface area contributed by atoms with Crippen LogP contribution in [0.4, 0.5) is 0 Å². The van der Waals surface area contributed by atoms with Crippen molar-refractivity contribution >= 4 is 11.0 Å². The van der Waals surface area contributed by atoms with E-state index in [1.165, 1.54) is 12.0 Å². The molecule has 0 atom stereocenters. The fraction of sp³-hybridized carbons (Fsp3) is 0.429. The van der Waals surface area contributed by atoms with E-state index in [4.69, 9.17) is 0 Å². The first-order chi connectivity index (χ1) is 8.90. The van der Waals surface area contributed by atoms with Gasteiger partial charge in [0.25, 0.3) is 0 Å². The molecule has 0 saturated heterocycles. The van der Waals surface area contributed by atoms with Crippen LogP contribution < -0.4 is 10.6 Å². The molecule has 2 N–H and O–H groups in total. The SMILES string of the molecule is CCCNCCNCc1ccc2nccnc2c1. The summed E-state index contributed by atoms with van der Waals surface area (Å²) in [5, 5.41) is 6.78. The topological polar surface area (TPSA) is 49.8 Å². The Morgan fingerprint density at radius 2 is 1.72 bits per heavy atom. The lowest BCUT2D eigenvalue weighted by Crippen LogP contribution is -2.27. The number of nitrogens with one attached hydrogen (secondary N) is 2. The van der Waals surface area contributed by atoms with Crippen molar-refractivity contribution in [2.45, 2.75) is 19.9 Å². The second kappa shape index (κ2) is 7.03. The third-order valence-corrected chi connectivity index (χ3v) is 2.77. The Morgan fingerprint density at radius 1 is 0.944 bits per heavy atom. The van der Waals surface area contributed by atoms with E-state index in [9.17, 15) is 0 Å². The van der Waals surface area contributed by atoms with Gasteiger partial charge in [-0.05, 0) is 30.7 Å². The summed E-state index contributed by atoms with van der Waals surface area (Å²) in [6.07, 6.45) is 4.64. The third kappa shape index (κ3) is 3.75. The highest BCUT2D eigenvalue weighted by molar-refractivity contribution is 5.74. The van der Waals surface area contributed by atoms with Crippen molar-refractivity contribution in [3.63, 3.8) is 0 Å². The van der Waals surface area contributed by atoms with Gasteiger partial charge >= 0.3 is 0 Å². The molecule has 0 radical (unpaired) electrons. The van der Waals surface area contributed by atoms with E-state index < -0.39 is 0 Å². The highest BCUT2D eigenvalue weighted by Crippen LogP contribution is 2.10. The second-order valence-electron chi connectivity index (χ2n) is 4.31. The van der Waals surface area contributed by atoms with Crippen LogP contribution in [0.1, 0.15) is 18.9 Å². The fourth-order valence-corrected chi connectivity index (χ4v) is 1.83. The zero-order valence-corrected chi connectivity index (χ0v) is 10.8. The molecule has 0 saturated carbocycles. The number of aromatic nitrogens is 2. The van der Waals surface area contributed by atoms with Crippen LogP contribution in [0.25, 0.3) is 11.0 Å². The molecule has 0 fully saturated rings. The van der Waals surface area contributed by atoms with E-state index in [2.05, 4.69) is 39.7 Å². The summed E-state index contributed by atoms with van der Waals surface area (Å²) in [7, 11) is 0. The van der Waals surface area contributed by atoms with Crippen LogP contribution in [0.2, 0.25) is 0 Å². The summed E-state index contributed by atoms with van der Waals surface area (Å²) in [5.41, 5.74) is 3.16. The molecule has 0 bridgehead atoms. The predicted molar refractivity (Wildman–Crippen MR) is 74.4 cm³/mol. The number of rotatable bonds is 7. The summed E-state index contributed by atoms with van der Waals surface area (Å²) in [4.78, 5) is 8.57. The minimum atomic E-state index is 0.875. The Morgan fingerprint density at radius 3 is 2.56 bits per heavy atom. The van der Waals surface area contributed by atoms with Crippen LogP contribution in [0.5, 0.6) is 0 Å². The number of benzene rings is 1. The molecular formula is C14H20N4. The highest BCUT2D eigenvalue weighted by Gasteiger charge is 1.97. The van der Waals surface area contributed by atoms with Crippen LogP contribution in [-0.2, 0) is 6.54 Å². The first-order valence-electron chi connectivity index (χ1n) is 6.51. The van der Waals surface area contributed by atoms with E-state index in [1.807, 2.05) is 6.07 Å². The lowest BCUT2D eigenvalue weighted by molar-refractivity contribution is 0.607. The minimum absolute atomic E-state index is 0.875. The van der Waals surface area contributed by atoms with Crippen molar-refractivity contribution in [3.8, 4) is 0 Å². The Kier molecular flexibility index (Phi) is 5.05. The molecule has 1 heterocycles. The molecule has 0 unspecified atom stereocenters. The van der Waals surface area contributed by atoms with Gasteiger partial charge in [0, 0.05) is 32.0 Å². The van der Waals surface area contributed by atoms with Gasteiger partial charge in [0.1, 0.15) is 0 Å². The van der Waals surface area contributed by atoms with Crippen LogP contribution in [0.15, 0.2) is 30.6 Å². The molecule has 0 amide bonds. The molecule has 0 aliphatic heterocycles. The number of hydrogen-bond donors (Lipinski definition) is 2. The lowest BCUT2D eigenvalue weighted by Gasteiger charge is -2.06. The van der Waals surface area contributed by atoms with Gasteiger partial charge in [-0.3, -0.25) is 9.97 Å². The largest absolute Gasteiger partial charge is 0.315 e. The van der Waals surface area contributed by atoms with Gasteiger partial charge in [-0.25, -0.2) is 0 Å². The summed E-state index contributed by atoms with van der Waals surface area (Å²) >= 11 is 0. The molecule has 1 aromatic heterocycles. The normalized spacial score (nSPS) is 10.9. The van der Waals surface area contributed by atoms with Gasteiger partial charge in [0.15, 0.2) is 0 Å². The smallest absolute Gasteiger partial charge is 0.0890 e. The van der Waals surface area contributed by atoms with E-state index in [0.717, 1.165) is 37.2 Å². The molecule has 2 aromatic rings. The van der Waals surface area contributed by atoms with Gasteiger partial charge in [-0.1, -0.05) is 13.0 Å². The van der Waals surface area contributed by atoms with Crippen molar-refractivity contribution in [3.05, 3.63) is 36.2 Å². The van der Waals surface area contributed by atoms with Crippen LogP contribution in [0.3, 0.4) is 0 Å². The zero-order valence-electron chi connectivity index (χ0n) is 10.8. The fourth-order valence-electron chi connectivity index (χ4n) is 1.83. The van der Waals surface area contributed by atoms with Crippen molar-refractivity contribution in [1.82, 2.24) is 20.6 Å². The molecule has 0 aliphatic carbocycles. The molecule has 96 valence electrons. The number of nitrogens with zero attached hydrogens (tertiary/aromatic N) is 2. The highest BCUT2D eigenvalue weighted by atomic mass is 14.9. The maximum absolute atomic E-state index is 4.31. The maximum atomic E-state index is 4.31.